The molecule has 3 saturated heterocycles. The number of phenolic OH excluding ortho intramolecular Hbond substituents is 3. The summed E-state index contributed by atoms with van der Waals surface area (Å²) < 4.78 is 52.0. The number of carbonyl (C=O) groups excluding carboxylic acids is 3. The number of nitrogens with zero attached hydrogens (tertiary/aromatic N) is 10. The molecule has 0 bridgehead atoms. The number of hydrogen-bond acceptors (Lipinski definition) is 18. The van der Waals surface area contributed by atoms with Gasteiger partial charge in [0.25, 0.3) is 0 Å². The van der Waals surface area contributed by atoms with Crippen LogP contribution in [0.1, 0.15) is 82.7 Å². The SMILES string of the molecule is C.CCOC(=O)c1cnn2ccc(Cl)nc12.CCOC(=O)c1cnn2ccc(N(Cc3cc(F)ccc3O)C3CCN(C)C3)nc12.CN1CCC(N)C1.CN1CCC(NCc2cc(F)ccc2O)C1.O=Cc1cc(F)ccc1O. The van der Waals surface area contributed by atoms with Crippen LogP contribution in [0.25, 0.3) is 11.3 Å². The molecule has 0 radical (unpaired) electrons. The molecule has 0 amide bonds. The fraction of sp³-hybridized carbons (Fsp3) is 0.400. The monoisotopic (exact) mass is 1120 g/mol. The summed E-state index contributed by atoms with van der Waals surface area (Å²) >= 11 is 5.72. The number of anilines is 1. The average molecular weight is 1120 g/mol. The summed E-state index contributed by atoms with van der Waals surface area (Å²) in [5, 5.41) is 40.4. The third kappa shape index (κ3) is 18.1. The maximum atomic E-state index is 13.8. The van der Waals surface area contributed by atoms with E-state index >= 15 is 0 Å². The molecule has 20 nitrogen and oxygen atoms in total. The van der Waals surface area contributed by atoms with Gasteiger partial charge in [0.1, 0.15) is 56.8 Å². The van der Waals surface area contributed by atoms with Gasteiger partial charge in [0.2, 0.25) is 0 Å². The summed E-state index contributed by atoms with van der Waals surface area (Å²) in [5.74, 6) is -1.55. The van der Waals surface area contributed by atoms with Gasteiger partial charge in [0.15, 0.2) is 17.6 Å². The number of fused-ring (bicyclic) bond motifs is 2. The van der Waals surface area contributed by atoms with Crippen molar-refractivity contribution in [1.82, 2.24) is 49.2 Å². The van der Waals surface area contributed by atoms with E-state index < -0.39 is 23.6 Å². The topological polar surface area (TPSA) is 242 Å². The van der Waals surface area contributed by atoms with Gasteiger partial charge in [0, 0.05) is 74.4 Å². The number of halogens is 4. The summed E-state index contributed by atoms with van der Waals surface area (Å²) in [6, 6.07) is 15.6. The van der Waals surface area contributed by atoms with Crippen molar-refractivity contribution in [3.05, 3.63) is 142 Å². The van der Waals surface area contributed by atoms with Gasteiger partial charge in [0.05, 0.1) is 31.2 Å². The second-order valence-electron chi connectivity index (χ2n) is 18.8. The number of benzene rings is 3. The predicted molar refractivity (Wildman–Crippen MR) is 294 cm³/mol. The standard InChI is InChI=1S/C21H24FN5O3.C12H17FN2O.C9H8ClN3O2.C7H5FO2.C5H12N2.CH4/c1-3-30-21(29)17-11-23-27-9-7-19(24-20(17)27)26(16-6-8-25(2)13-16)12-14-10-15(22)4-5-18(14)28;1-15-5-4-11(8-15)14-7-9-6-10(13)2-3-12(9)16;1-2-15-9(14)6-5-11-13-4-3-7(10)12-8(6)13;8-6-1-2-7(10)5(3-6)4-9;1-7-3-2-5(6)4-7;/h4-5,7,9-11,16,28H,3,6,8,12-13H2,1-2H3;2-3,6,11,14,16H,4-5,7-8H2,1H3;3-5H,2H2,1H3;1-4,10H;5H,2-4,6H2,1H3;1H4. The molecule has 3 aliphatic heterocycles. The van der Waals surface area contributed by atoms with E-state index in [9.17, 15) is 37.8 Å². The van der Waals surface area contributed by atoms with Gasteiger partial charge < -0.3 is 55.4 Å². The number of ether oxygens (including phenoxy) is 2. The lowest BCUT2D eigenvalue weighted by Crippen LogP contribution is -2.37. The number of aldehydes is 1. The summed E-state index contributed by atoms with van der Waals surface area (Å²) in [6.07, 6.45) is 9.81. The molecule has 3 fully saturated rings. The van der Waals surface area contributed by atoms with Crippen molar-refractivity contribution in [3.8, 4) is 17.2 Å². The molecule has 7 aromatic rings. The van der Waals surface area contributed by atoms with E-state index in [-0.39, 0.29) is 60.8 Å². The number of carbonyl (C=O) groups is 3. The number of nitrogens with one attached hydrogen (secondary N) is 1. The Morgan fingerprint density at radius 3 is 1.75 bits per heavy atom. The Morgan fingerprint density at radius 1 is 0.722 bits per heavy atom. The number of aromatic nitrogens is 6. The van der Waals surface area contributed by atoms with E-state index in [1.807, 2.05) is 18.0 Å². The second-order valence-corrected chi connectivity index (χ2v) is 19.2. The molecule has 10 rings (SSSR count). The zero-order valence-corrected chi connectivity index (χ0v) is 44.9. The summed E-state index contributed by atoms with van der Waals surface area (Å²) in [6.45, 7) is 11.0. The average Bonchev–Trinajstić information content (AvgIpc) is 4.32. The van der Waals surface area contributed by atoms with Crippen molar-refractivity contribution >= 4 is 46.9 Å². The van der Waals surface area contributed by atoms with Gasteiger partial charge in [-0.05, 0) is 141 Å². The summed E-state index contributed by atoms with van der Waals surface area (Å²) in [4.78, 5) is 51.2. The molecule has 79 heavy (non-hydrogen) atoms. The Morgan fingerprint density at radius 2 is 1.24 bits per heavy atom. The molecule has 0 spiro atoms. The Balaban J connectivity index is 0.000000199. The molecule has 3 aliphatic rings. The van der Waals surface area contributed by atoms with E-state index in [1.54, 1.807) is 32.3 Å². The summed E-state index contributed by atoms with van der Waals surface area (Å²) in [5.41, 5.74) is 8.06. The van der Waals surface area contributed by atoms with Crippen LogP contribution in [0.3, 0.4) is 0 Å². The van der Waals surface area contributed by atoms with Crippen molar-refractivity contribution < 1.29 is 52.3 Å². The quantitative estimate of drug-likeness (QED) is 0.0471. The van der Waals surface area contributed by atoms with Gasteiger partial charge >= 0.3 is 11.9 Å². The molecule has 24 heteroatoms. The maximum Gasteiger partial charge on any atom is 0.343 e. The number of nitrogens with two attached hydrogens (primary N) is 1. The largest absolute Gasteiger partial charge is 0.508 e. The van der Waals surface area contributed by atoms with Gasteiger partial charge in [-0.1, -0.05) is 19.0 Å². The van der Waals surface area contributed by atoms with Crippen LogP contribution in [0.4, 0.5) is 19.0 Å². The molecule has 426 valence electrons. The maximum absolute atomic E-state index is 13.8. The van der Waals surface area contributed by atoms with Crippen molar-refractivity contribution in [1.29, 1.82) is 0 Å². The molecule has 7 heterocycles. The van der Waals surface area contributed by atoms with Gasteiger partial charge in [-0.15, -0.1) is 0 Å². The number of likely N-dealkylation sites (tertiary alicyclic amines) is 3. The van der Waals surface area contributed by atoms with E-state index in [0.29, 0.717) is 70.5 Å². The molecule has 3 unspecified atom stereocenters. The third-order valence-corrected chi connectivity index (χ3v) is 12.9. The zero-order chi connectivity index (χ0) is 56.5. The molecular formula is C55H70ClF3N12O8. The highest BCUT2D eigenvalue weighted by Gasteiger charge is 2.29. The van der Waals surface area contributed by atoms with E-state index in [1.165, 1.54) is 70.8 Å². The first-order chi connectivity index (χ1) is 37.3. The van der Waals surface area contributed by atoms with Crippen LogP contribution in [0.2, 0.25) is 5.15 Å². The summed E-state index contributed by atoms with van der Waals surface area (Å²) in [7, 11) is 6.23. The van der Waals surface area contributed by atoms with Crippen LogP contribution in [0, 0.1) is 17.5 Å². The zero-order valence-electron chi connectivity index (χ0n) is 44.1. The van der Waals surface area contributed by atoms with Crippen LogP contribution in [0.5, 0.6) is 17.2 Å². The van der Waals surface area contributed by atoms with Crippen LogP contribution in [-0.4, -0.2) is 169 Å². The Labute approximate surface area is 462 Å². The minimum atomic E-state index is -0.528. The molecule has 6 N–H and O–H groups in total. The minimum Gasteiger partial charge on any atom is -0.508 e. The Kier molecular flexibility index (Phi) is 23.8. The highest BCUT2D eigenvalue weighted by Crippen LogP contribution is 2.28. The van der Waals surface area contributed by atoms with Gasteiger partial charge in [-0.2, -0.15) is 10.2 Å². The number of likely N-dealkylation sites (N-methyl/N-ethyl adjacent to an activating group) is 3. The normalized spacial score (nSPS) is 17.0. The predicted octanol–water partition coefficient (Wildman–Crippen LogP) is 6.97. The van der Waals surface area contributed by atoms with Crippen molar-refractivity contribution in [2.45, 2.75) is 71.8 Å². The molecule has 3 aromatic carbocycles. The van der Waals surface area contributed by atoms with Gasteiger partial charge in [-0.3, -0.25) is 4.79 Å². The lowest BCUT2D eigenvalue weighted by Gasteiger charge is -2.30. The molecule has 0 aliphatic carbocycles. The fourth-order valence-electron chi connectivity index (χ4n) is 8.64. The lowest BCUT2D eigenvalue weighted by atomic mass is 10.1. The smallest absolute Gasteiger partial charge is 0.343 e. The van der Waals surface area contributed by atoms with Crippen LogP contribution in [0.15, 0.2) is 91.5 Å². The van der Waals surface area contributed by atoms with Gasteiger partial charge in [-0.25, -0.2) is 41.8 Å². The molecule has 0 saturated carbocycles. The van der Waals surface area contributed by atoms with Crippen molar-refractivity contribution in [3.63, 3.8) is 0 Å². The lowest BCUT2D eigenvalue weighted by molar-refractivity contribution is 0.0518. The highest BCUT2D eigenvalue weighted by atomic mass is 35.5. The molecular weight excluding hydrogens is 1050 g/mol. The highest BCUT2D eigenvalue weighted by molar-refractivity contribution is 6.29. The number of phenols is 3. The Bertz CT molecular complexity index is 3110. The number of aromatic hydroxyl groups is 3. The first kappa shape index (κ1) is 62.4. The van der Waals surface area contributed by atoms with E-state index in [0.717, 1.165) is 63.8 Å². The number of hydrogen-bond donors (Lipinski definition) is 5. The van der Waals surface area contributed by atoms with E-state index in [2.05, 4.69) is 54.3 Å². The third-order valence-electron chi connectivity index (χ3n) is 12.7. The molecule has 3 atom stereocenters. The van der Waals surface area contributed by atoms with Crippen LogP contribution >= 0.6 is 11.6 Å². The van der Waals surface area contributed by atoms with E-state index in [4.69, 9.17) is 31.9 Å². The Hall–Kier alpha value is -7.41. The molecule has 4 aromatic heterocycles. The first-order valence-electron chi connectivity index (χ1n) is 25.2. The number of rotatable bonds is 12. The fourth-order valence-corrected chi connectivity index (χ4v) is 8.78. The number of esters is 2. The first-order valence-corrected chi connectivity index (χ1v) is 25.6. The van der Waals surface area contributed by atoms with Crippen LogP contribution < -0.4 is 16.0 Å². The van der Waals surface area contributed by atoms with Crippen LogP contribution in [-0.2, 0) is 22.6 Å². The second kappa shape index (κ2) is 30.1. The van der Waals surface area contributed by atoms with Crippen molar-refractivity contribution in [2.75, 3.05) is 78.5 Å². The minimum absolute atomic E-state index is 0. The van der Waals surface area contributed by atoms with Crippen molar-refractivity contribution in [2.24, 2.45) is 5.73 Å².